The Hall–Kier alpha value is -4.28. The highest BCUT2D eigenvalue weighted by Gasteiger charge is 2.35. The highest BCUT2D eigenvalue weighted by molar-refractivity contribution is 5.94. The molecule has 0 radical (unpaired) electrons. The summed E-state index contributed by atoms with van der Waals surface area (Å²) in [6.07, 6.45) is 4.22. The number of benzene rings is 2. The maximum Gasteiger partial charge on any atom is 0.410 e. The van der Waals surface area contributed by atoms with Crippen LogP contribution in [0.1, 0.15) is 54.6 Å². The average Bonchev–Trinajstić information content (AvgIpc) is 3.63. The summed E-state index contributed by atoms with van der Waals surface area (Å²) in [6.45, 7) is 7.14. The van der Waals surface area contributed by atoms with Gasteiger partial charge in [0.1, 0.15) is 17.2 Å². The second kappa shape index (κ2) is 12.1. The van der Waals surface area contributed by atoms with Crippen LogP contribution in [-0.4, -0.2) is 65.7 Å². The van der Waals surface area contributed by atoms with Crippen molar-refractivity contribution in [3.8, 4) is 17.2 Å². The fourth-order valence-electron chi connectivity index (χ4n) is 5.08. The number of ether oxygens (including phenoxy) is 4. The fraction of sp³-hybridized carbons (Fsp3) is 0.433. The highest BCUT2D eigenvalue weighted by atomic mass is 19.1. The molecule has 2 atom stereocenters. The number of carbonyl (C=O) groups is 2. The van der Waals surface area contributed by atoms with E-state index in [1.807, 2.05) is 20.8 Å². The molecule has 0 bridgehead atoms. The number of amides is 2. The first-order chi connectivity index (χ1) is 19.7. The standard InChI is InChI=1S/C30H35FN4O6/c1-30(2,3)41-29(37)35-11-9-23(21(16-35)17-38-22-5-7-26-27(13-22)40-18-39-26)20-4-6-25(31)24(12-20)28(36)32-10-8-19-14-33-34-15-19/h4-7,12-15,21,23H,8-11,16-18H2,1-3H3,(H,32,36)(H,33,34). The van der Waals surface area contributed by atoms with Gasteiger partial charge < -0.3 is 29.2 Å². The Morgan fingerprint density at radius 2 is 2.00 bits per heavy atom. The number of nitrogens with zero attached hydrogens (tertiary/aromatic N) is 2. The molecule has 0 spiro atoms. The SMILES string of the molecule is CC(C)(C)OC(=O)N1CCC(c2ccc(F)c(C(=O)NCCc3cn[nH]c3)c2)C(COc2ccc3c(c2)OCO3)C1. The fourth-order valence-corrected chi connectivity index (χ4v) is 5.08. The molecule has 11 heteroatoms. The maximum absolute atomic E-state index is 14.8. The number of fused-ring (bicyclic) bond motifs is 1. The van der Waals surface area contributed by atoms with E-state index in [9.17, 15) is 14.0 Å². The first-order valence-electron chi connectivity index (χ1n) is 13.7. The summed E-state index contributed by atoms with van der Waals surface area (Å²) in [7, 11) is 0. The molecule has 2 aromatic carbocycles. The monoisotopic (exact) mass is 566 g/mol. The highest BCUT2D eigenvalue weighted by Crippen LogP contribution is 2.38. The van der Waals surface area contributed by atoms with E-state index in [1.54, 1.807) is 47.6 Å². The van der Waals surface area contributed by atoms with Crippen LogP contribution in [0.15, 0.2) is 48.8 Å². The van der Waals surface area contributed by atoms with Crippen LogP contribution in [0.3, 0.4) is 0 Å². The van der Waals surface area contributed by atoms with Gasteiger partial charge in [-0.25, -0.2) is 9.18 Å². The third-order valence-corrected chi connectivity index (χ3v) is 7.11. The minimum Gasteiger partial charge on any atom is -0.493 e. The summed E-state index contributed by atoms with van der Waals surface area (Å²) >= 11 is 0. The number of H-pyrrole nitrogens is 1. The van der Waals surface area contributed by atoms with Gasteiger partial charge in [-0.05, 0) is 74.9 Å². The van der Waals surface area contributed by atoms with Crippen molar-refractivity contribution in [2.75, 3.05) is 33.0 Å². The van der Waals surface area contributed by atoms with Crippen LogP contribution in [0.4, 0.5) is 9.18 Å². The molecule has 0 aliphatic carbocycles. The summed E-state index contributed by atoms with van der Waals surface area (Å²) in [5.74, 6) is 0.580. The molecule has 0 saturated carbocycles. The van der Waals surface area contributed by atoms with Crippen molar-refractivity contribution in [2.45, 2.75) is 45.1 Å². The number of rotatable bonds is 8. The van der Waals surface area contributed by atoms with E-state index in [1.165, 1.54) is 6.07 Å². The summed E-state index contributed by atoms with van der Waals surface area (Å²) in [5, 5.41) is 9.42. The van der Waals surface area contributed by atoms with E-state index >= 15 is 0 Å². The number of likely N-dealkylation sites (tertiary alicyclic amines) is 1. The largest absolute Gasteiger partial charge is 0.493 e. The third-order valence-electron chi connectivity index (χ3n) is 7.11. The van der Waals surface area contributed by atoms with Gasteiger partial charge in [0.05, 0.1) is 18.4 Å². The van der Waals surface area contributed by atoms with E-state index in [0.29, 0.717) is 49.7 Å². The number of hydrogen-bond acceptors (Lipinski definition) is 7. The molecule has 2 amide bonds. The van der Waals surface area contributed by atoms with Gasteiger partial charge in [-0.15, -0.1) is 0 Å². The van der Waals surface area contributed by atoms with Crippen molar-refractivity contribution in [1.82, 2.24) is 20.4 Å². The van der Waals surface area contributed by atoms with Gasteiger partial charge >= 0.3 is 6.09 Å². The van der Waals surface area contributed by atoms with Gasteiger partial charge in [0.2, 0.25) is 6.79 Å². The molecule has 3 aromatic rings. The summed E-state index contributed by atoms with van der Waals surface area (Å²) in [5.41, 5.74) is 1.12. The Bertz CT molecular complexity index is 1370. The van der Waals surface area contributed by atoms with Crippen LogP contribution in [-0.2, 0) is 11.2 Å². The Labute approximate surface area is 238 Å². The van der Waals surface area contributed by atoms with E-state index in [2.05, 4.69) is 15.5 Å². The lowest BCUT2D eigenvalue weighted by Gasteiger charge is -2.39. The predicted octanol–water partition coefficient (Wildman–Crippen LogP) is 4.67. The average molecular weight is 567 g/mol. The number of piperidine rings is 1. The summed E-state index contributed by atoms with van der Waals surface area (Å²) < 4.78 is 37.4. The zero-order valence-corrected chi connectivity index (χ0v) is 23.4. The van der Waals surface area contributed by atoms with Crippen molar-refractivity contribution >= 4 is 12.0 Å². The molecule has 2 aliphatic heterocycles. The Kier molecular flexibility index (Phi) is 8.32. The molecule has 2 unspecified atom stereocenters. The number of aromatic amines is 1. The molecule has 218 valence electrons. The van der Waals surface area contributed by atoms with Crippen LogP contribution < -0.4 is 19.5 Å². The van der Waals surface area contributed by atoms with Gasteiger partial charge in [0.25, 0.3) is 5.91 Å². The molecule has 1 fully saturated rings. The lowest BCUT2D eigenvalue weighted by Crippen LogP contribution is -2.46. The number of nitrogens with one attached hydrogen (secondary N) is 2. The van der Waals surface area contributed by atoms with Crippen molar-refractivity contribution in [1.29, 1.82) is 0 Å². The van der Waals surface area contributed by atoms with Crippen molar-refractivity contribution in [3.05, 3.63) is 71.3 Å². The summed E-state index contributed by atoms with van der Waals surface area (Å²) in [4.78, 5) is 27.5. The molecular weight excluding hydrogens is 531 g/mol. The Morgan fingerprint density at radius 1 is 1.17 bits per heavy atom. The van der Waals surface area contributed by atoms with Crippen LogP contribution >= 0.6 is 0 Å². The zero-order valence-electron chi connectivity index (χ0n) is 23.4. The molecule has 2 N–H and O–H groups in total. The van der Waals surface area contributed by atoms with E-state index < -0.39 is 17.3 Å². The minimum absolute atomic E-state index is 0.0142. The molecule has 41 heavy (non-hydrogen) atoms. The lowest BCUT2D eigenvalue weighted by molar-refractivity contribution is 0.0111. The summed E-state index contributed by atoms with van der Waals surface area (Å²) in [6, 6.07) is 10.0. The molecule has 5 rings (SSSR count). The van der Waals surface area contributed by atoms with Gasteiger partial charge in [-0.1, -0.05) is 6.07 Å². The molecule has 10 nitrogen and oxygen atoms in total. The smallest absolute Gasteiger partial charge is 0.410 e. The maximum atomic E-state index is 14.8. The molecular formula is C30H35FN4O6. The van der Waals surface area contributed by atoms with Crippen LogP contribution in [0, 0.1) is 11.7 Å². The topological polar surface area (TPSA) is 115 Å². The van der Waals surface area contributed by atoms with Crippen molar-refractivity contribution in [2.24, 2.45) is 5.92 Å². The number of halogens is 1. The predicted molar refractivity (Wildman–Crippen MR) is 148 cm³/mol. The first kappa shape index (κ1) is 28.3. The minimum atomic E-state index is -0.622. The van der Waals surface area contributed by atoms with E-state index in [4.69, 9.17) is 18.9 Å². The second-order valence-corrected chi connectivity index (χ2v) is 11.3. The van der Waals surface area contributed by atoms with Crippen LogP contribution in [0.25, 0.3) is 0 Å². The lowest BCUT2D eigenvalue weighted by atomic mass is 9.80. The molecule has 3 heterocycles. The second-order valence-electron chi connectivity index (χ2n) is 11.3. The molecule has 2 aliphatic rings. The number of hydrogen-bond donors (Lipinski definition) is 2. The van der Waals surface area contributed by atoms with Gasteiger partial charge in [0.15, 0.2) is 11.5 Å². The van der Waals surface area contributed by atoms with Gasteiger partial charge in [-0.3, -0.25) is 9.89 Å². The molecule has 1 saturated heterocycles. The van der Waals surface area contributed by atoms with E-state index in [-0.39, 0.29) is 36.9 Å². The molecule has 1 aromatic heterocycles. The number of carbonyl (C=O) groups excluding carboxylic acids is 2. The normalized spacial score (nSPS) is 18.2. The quantitative estimate of drug-likeness (QED) is 0.407. The third kappa shape index (κ3) is 7.08. The van der Waals surface area contributed by atoms with Crippen molar-refractivity contribution in [3.63, 3.8) is 0 Å². The number of aromatic nitrogens is 2. The van der Waals surface area contributed by atoms with Crippen LogP contribution in [0.5, 0.6) is 17.2 Å². The Balaban J connectivity index is 1.32. The van der Waals surface area contributed by atoms with Crippen molar-refractivity contribution < 1.29 is 32.9 Å². The van der Waals surface area contributed by atoms with Crippen LogP contribution in [0.2, 0.25) is 0 Å². The Morgan fingerprint density at radius 3 is 2.78 bits per heavy atom. The zero-order chi connectivity index (χ0) is 29.0. The van der Waals surface area contributed by atoms with Gasteiger partial charge in [0, 0.05) is 37.8 Å². The van der Waals surface area contributed by atoms with E-state index in [0.717, 1.165) is 11.1 Å². The van der Waals surface area contributed by atoms with Gasteiger partial charge in [-0.2, -0.15) is 5.10 Å². The first-order valence-corrected chi connectivity index (χ1v) is 13.7.